The van der Waals surface area contributed by atoms with Gasteiger partial charge in [-0.2, -0.15) is 5.10 Å². The molecule has 0 aliphatic heterocycles. The van der Waals surface area contributed by atoms with Crippen LogP contribution in [0.3, 0.4) is 0 Å². The van der Waals surface area contributed by atoms with Crippen molar-refractivity contribution < 1.29 is 9.94 Å². The van der Waals surface area contributed by atoms with Gasteiger partial charge in [0.15, 0.2) is 5.84 Å². The third-order valence-electron chi connectivity index (χ3n) is 3.14. The highest BCUT2D eigenvalue weighted by atomic mass is 35.5. The first-order chi connectivity index (χ1) is 10.1. The van der Waals surface area contributed by atoms with Gasteiger partial charge in [-0.3, -0.25) is 4.68 Å². The van der Waals surface area contributed by atoms with Gasteiger partial charge in [-0.25, -0.2) is 0 Å². The molecule has 3 N–H and O–H groups in total. The van der Waals surface area contributed by atoms with E-state index >= 15 is 0 Å². The normalized spacial score (nSPS) is 11.7. The minimum absolute atomic E-state index is 0.0591. The summed E-state index contributed by atoms with van der Waals surface area (Å²) in [5, 5.41) is 16.5. The molecule has 6 nitrogen and oxygen atoms in total. The SMILES string of the molecule is CCc1nn(C)c(COc2ccc(C(N)=NO)cc2)c1Cl. The molecule has 1 aromatic carbocycles. The maximum absolute atomic E-state index is 8.60. The average Bonchev–Trinajstić information content (AvgIpc) is 2.79. The summed E-state index contributed by atoms with van der Waals surface area (Å²) in [4.78, 5) is 0. The third kappa shape index (κ3) is 3.28. The van der Waals surface area contributed by atoms with E-state index in [1.807, 2.05) is 14.0 Å². The molecule has 1 heterocycles. The highest BCUT2D eigenvalue weighted by molar-refractivity contribution is 6.31. The van der Waals surface area contributed by atoms with Gasteiger partial charge < -0.3 is 15.7 Å². The number of ether oxygens (including phenoxy) is 1. The molecule has 0 spiro atoms. The summed E-state index contributed by atoms with van der Waals surface area (Å²) in [6.07, 6.45) is 0.779. The van der Waals surface area contributed by atoms with Crippen LogP contribution in [-0.4, -0.2) is 20.8 Å². The number of benzene rings is 1. The molecule has 0 saturated heterocycles. The molecule has 2 rings (SSSR count). The zero-order valence-corrected chi connectivity index (χ0v) is 12.6. The van der Waals surface area contributed by atoms with Gasteiger partial charge >= 0.3 is 0 Å². The number of halogens is 1. The lowest BCUT2D eigenvalue weighted by molar-refractivity contribution is 0.295. The van der Waals surface area contributed by atoms with Gasteiger partial charge in [0.1, 0.15) is 12.4 Å². The standard InChI is InChI=1S/C14H17ClN4O2/c1-3-11-13(15)12(19(2)17-11)8-21-10-6-4-9(5-7-10)14(16)18-20/h4-7,20H,3,8H2,1-2H3,(H2,16,18). The number of amidine groups is 1. The number of aromatic nitrogens is 2. The van der Waals surface area contributed by atoms with Crippen LogP contribution in [-0.2, 0) is 20.1 Å². The molecule has 0 amide bonds. The topological polar surface area (TPSA) is 85.7 Å². The predicted molar refractivity (Wildman–Crippen MR) is 80.9 cm³/mol. The largest absolute Gasteiger partial charge is 0.487 e. The molecule has 0 fully saturated rings. The Balaban J connectivity index is 2.08. The zero-order chi connectivity index (χ0) is 15.4. The second-order valence-electron chi connectivity index (χ2n) is 4.48. The Morgan fingerprint density at radius 2 is 2.10 bits per heavy atom. The Kier molecular flexibility index (Phi) is 4.70. The van der Waals surface area contributed by atoms with Crippen LogP contribution >= 0.6 is 11.6 Å². The second kappa shape index (κ2) is 6.49. The van der Waals surface area contributed by atoms with Crippen molar-refractivity contribution in [3.63, 3.8) is 0 Å². The van der Waals surface area contributed by atoms with Crippen molar-refractivity contribution in [2.24, 2.45) is 17.9 Å². The van der Waals surface area contributed by atoms with Crippen LogP contribution in [0.4, 0.5) is 0 Å². The number of oxime groups is 1. The van der Waals surface area contributed by atoms with Crippen LogP contribution in [0.1, 0.15) is 23.9 Å². The molecule has 2 aromatic rings. The first kappa shape index (κ1) is 15.2. The Bertz CT molecular complexity index is 650. The summed E-state index contributed by atoms with van der Waals surface area (Å²) in [6, 6.07) is 6.93. The Labute approximate surface area is 127 Å². The first-order valence-corrected chi connectivity index (χ1v) is 6.85. The minimum Gasteiger partial charge on any atom is -0.487 e. The summed E-state index contributed by atoms with van der Waals surface area (Å²) in [7, 11) is 1.84. The minimum atomic E-state index is 0.0591. The van der Waals surface area contributed by atoms with Crippen LogP contribution in [0, 0.1) is 0 Å². The van der Waals surface area contributed by atoms with Crippen LogP contribution in [0.15, 0.2) is 29.4 Å². The van der Waals surface area contributed by atoms with Crippen molar-refractivity contribution in [1.29, 1.82) is 0 Å². The highest BCUT2D eigenvalue weighted by Gasteiger charge is 2.13. The fourth-order valence-corrected chi connectivity index (χ4v) is 2.26. The second-order valence-corrected chi connectivity index (χ2v) is 4.86. The van der Waals surface area contributed by atoms with Crippen molar-refractivity contribution in [3.8, 4) is 5.75 Å². The predicted octanol–water partition coefficient (Wildman–Crippen LogP) is 2.31. The molecule has 1 aromatic heterocycles. The van der Waals surface area contributed by atoms with E-state index in [2.05, 4.69) is 10.3 Å². The average molecular weight is 309 g/mol. The number of hydrogen-bond acceptors (Lipinski definition) is 4. The lowest BCUT2D eigenvalue weighted by atomic mass is 10.2. The Hall–Kier alpha value is -2.21. The van der Waals surface area contributed by atoms with Gasteiger partial charge in [-0.05, 0) is 30.7 Å². The lowest BCUT2D eigenvalue weighted by Crippen LogP contribution is -2.12. The zero-order valence-electron chi connectivity index (χ0n) is 11.9. The molecule has 112 valence electrons. The molecule has 0 bridgehead atoms. The number of nitrogens with two attached hydrogens (primary N) is 1. The first-order valence-electron chi connectivity index (χ1n) is 6.47. The number of rotatable bonds is 5. The van der Waals surface area contributed by atoms with Crippen molar-refractivity contribution in [2.45, 2.75) is 20.0 Å². The molecule has 21 heavy (non-hydrogen) atoms. The summed E-state index contributed by atoms with van der Waals surface area (Å²) >= 11 is 6.26. The summed E-state index contributed by atoms with van der Waals surface area (Å²) in [5.41, 5.74) is 7.81. The maximum atomic E-state index is 8.60. The molecule has 7 heteroatoms. The van der Waals surface area contributed by atoms with Gasteiger partial charge in [0.05, 0.1) is 16.4 Å². The maximum Gasteiger partial charge on any atom is 0.170 e. The van der Waals surface area contributed by atoms with Gasteiger partial charge in [-0.1, -0.05) is 23.7 Å². The van der Waals surface area contributed by atoms with Crippen molar-refractivity contribution >= 4 is 17.4 Å². The van der Waals surface area contributed by atoms with Gasteiger partial charge in [0.2, 0.25) is 0 Å². The molecular weight excluding hydrogens is 292 g/mol. The summed E-state index contributed by atoms with van der Waals surface area (Å²) in [6.45, 7) is 2.33. The molecular formula is C14H17ClN4O2. The molecule has 0 radical (unpaired) electrons. The molecule has 0 aliphatic carbocycles. The van der Waals surface area contributed by atoms with E-state index in [-0.39, 0.29) is 5.84 Å². The molecule has 0 aliphatic rings. The smallest absolute Gasteiger partial charge is 0.170 e. The van der Waals surface area contributed by atoms with Crippen LogP contribution < -0.4 is 10.5 Å². The molecule has 0 saturated carbocycles. The third-order valence-corrected chi connectivity index (χ3v) is 3.57. The summed E-state index contributed by atoms with van der Waals surface area (Å²) in [5.74, 6) is 0.726. The van der Waals surface area contributed by atoms with E-state index in [1.54, 1.807) is 28.9 Å². The highest BCUT2D eigenvalue weighted by Crippen LogP contribution is 2.22. The van der Waals surface area contributed by atoms with Crippen molar-refractivity contribution in [1.82, 2.24) is 9.78 Å². The van der Waals surface area contributed by atoms with E-state index in [9.17, 15) is 0 Å². The fourth-order valence-electron chi connectivity index (χ4n) is 1.91. The van der Waals surface area contributed by atoms with E-state index in [4.69, 9.17) is 27.3 Å². The van der Waals surface area contributed by atoms with Crippen LogP contribution in [0.25, 0.3) is 0 Å². The monoisotopic (exact) mass is 308 g/mol. The van der Waals surface area contributed by atoms with Crippen LogP contribution in [0.5, 0.6) is 5.75 Å². The number of nitrogens with zero attached hydrogens (tertiary/aromatic N) is 3. The van der Waals surface area contributed by atoms with Gasteiger partial charge in [0.25, 0.3) is 0 Å². The number of hydrogen-bond donors (Lipinski definition) is 2. The van der Waals surface area contributed by atoms with E-state index in [0.29, 0.717) is 22.9 Å². The number of aryl methyl sites for hydroxylation is 2. The lowest BCUT2D eigenvalue weighted by Gasteiger charge is -2.07. The molecule has 0 unspecified atom stereocenters. The van der Waals surface area contributed by atoms with E-state index in [0.717, 1.165) is 17.8 Å². The quantitative estimate of drug-likeness (QED) is 0.384. The Morgan fingerprint density at radius 1 is 1.43 bits per heavy atom. The van der Waals surface area contributed by atoms with Crippen molar-refractivity contribution in [2.75, 3.05) is 0 Å². The van der Waals surface area contributed by atoms with Crippen molar-refractivity contribution in [3.05, 3.63) is 46.2 Å². The summed E-state index contributed by atoms with van der Waals surface area (Å²) < 4.78 is 7.42. The Morgan fingerprint density at radius 3 is 2.62 bits per heavy atom. The fraction of sp³-hybridized carbons (Fsp3) is 0.286. The van der Waals surface area contributed by atoms with E-state index < -0.39 is 0 Å². The van der Waals surface area contributed by atoms with Gasteiger partial charge in [-0.15, -0.1) is 0 Å². The van der Waals surface area contributed by atoms with Gasteiger partial charge in [0, 0.05) is 12.6 Å². The van der Waals surface area contributed by atoms with Crippen LogP contribution in [0.2, 0.25) is 5.02 Å². The molecule has 0 atom stereocenters. The van der Waals surface area contributed by atoms with E-state index in [1.165, 1.54) is 0 Å².